The zero-order valence-corrected chi connectivity index (χ0v) is 5.86. The van der Waals surface area contributed by atoms with Crippen LogP contribution in [0.1, 0.15) is 32.1 Å². The number of hydrogen-bond donors (Lipinski definition) is 2. The molecule has 1 aliphatic rings. The monoisotopic (exact) mass is 147 g/mol. The lowest BCUT2D eigenvalue weighted by Crippen LogP contribution is -2.09. The molecule has 0 amide bonds. The Hall–Kier alpha value is -0.640. The fourth-order valence-electron chi connectivity index (χ4n) is 1.08. The van der Waals surface area contributed by atoms with Crippen molar-refractivity contribution in [2.75, 3.05) is 0 Å². The van der Waals surface area contributed by atoms with Gasteiger partial charge in [0, 0.05) is 0 Å². The summed E-state index contributed by atoms with van der Waals surface area (Å²) < 4.78 is 0. The minimum Gasteiger partial charge on any atom is -0.393 e. The van der Waals surface area contributed by atoms with Crippen LogP contribution in [-0.4, -0.2) is 16.4 Å². The summed E-state index contributed by atoms with van der Waals surface area (Å²) in [5.41, 5.74) is 0. The molecule has 0 atom stereocenters. The van der Waals surface area contributed by atoms with Crippen molar-refractivity contribution < 1.29 is 10.3 Å². The Morgan fingerprint density at radius 3 is 1.80 bits per heavy atom. The van der Waals surface area contributed by atoms with Gasteiger partial charge >= 0.3 is 0 Å². The molecule has 1 rings (SSSR count). The van der Waals surface area contributed by atoms with E-state index in [1.165, 1.54) is 24.6 Å². The number of aliphatic hydroxyl groups is 1. The van der Waals surface area contributed by atoms with Crippen molar-refractivity contribution in [3.05, 3.63) is 4.91 Å². The first-order valence-electron chi connectivity index (χ1n) is 3.46. The van der Waals surface area contributed by atoms with Gasteiger partial charge in [-0.05, 0) is 12.8 Å². The number of aliphatic hydroxyl groups excluding tert-OH is 1. The Kier molecular flexibility index (Phi) is 6.06. The van der Waals surface area contributed by atoms with Crippen LogP contribution < -0.4 is 0 Å². The van der Waals surface area contributed by atoms with Gasteiger partial charge in [0.15, 0.2) is 5.34 Å². The molecule has 4 heteroatoms. The predicted octanol–water partition coefficient (Wildman–Crippen LogP) is 1.45. The highest BCUT2D eigenvalue weighted by Crippen LogP contribution is 2.16. The van der Waals surface area contributed by atoms with Gasteiger partial charge in [-0.2, -0.15) is 0 Å². The summed E-state index contributed by atoms with van der Waals surface area (Å²) in [7, 11) is 0. The standard InChI is InChI=1S/C6H12O.HNO2/c7-6-4-2-1-3-5-6;2-1-3/h6-7H,1-5H2;(H,2,3). The van der Waals surface area contributed by atoms with E-state index in [-0.39, 0.29) is 6.10 Å². The average Bonchev–Trinajstić information content (AvgIpc) is 1.91. The van der Waals surface area contributed by atoms with Crippen molar-refractivity contribution in [2.24, 2.45) is 5.34 Å². The van der Waals surface area contributed by atoms with Crippen LogP contribution in [0, 0.1) is 4.91 Å². The van der Waals surface area contributed by atoms with Crippen molar-refractivity contribution in [3.63, 3.8) is 0 Å². The van der Waals surface area contributed by atoms with Gasteiger partial charge in [-0.3, -0.25) is 0 Å². The average molecular weight is 147 g/mol. The highest BCUT2D eigenvalue weighted by molar-refractivity contribution is 4.61. The van der Waals surface area contributed by atoms with E-state index in [0.29, 0.717) is 0 Å². The summed E-state index contributed by atoms with van der Waals surface area (Å²) in [5, 5.41) is 16.8. The zero-order valence-electron chi connectivity index (χ0n) is 5.86. The van der Waals surface area contributed by atoms with Crippen molar-refractivity contribution in [3.8, 4) is 0 Å². The Balaban J connectivity index is 0.000000236. The van der Waals surface area contributed by atoms with Crippen LogP contribution in [0.5, 0.6) is 0 Å². The first kappa shape index (κ1) is 9.36. The van der Waals surface area contributed by atoms with Crippen LogP contribution >= 0.6 is 0 Å². The summed E-state index contributed by atoms with van der Waals surface area (Å²) in [6, 6.07) is 0. The molecule has 0 aromatic rings. The quantitative estimate of drug-likeness (QED) is 0.402. The van der Waals surface area contributed by atoms with Crippen LogP contribution in [0.25, 0.3) is 0 Å². The summed E-state index contributed by atoms with van der Waals surface area (Å²) in [4.78, 5) is 8.11. The molecule has 0 saturated heterocycles. The maximum atomic E-state index is 8.91. The Bertz CT molecular complexity index is 81.1. The third-order valence-corrected chi connectivity index (χ3v) is 1.57. The fraction of sp³-hybridized carbons (Fsp3) is 1.00. The van der Waals surface area contributed by atoms with Crippen molar-refractivity contribution in [1.82, 2.24) is 0 Å². The van der Waals surface area contributed by atoms with E-state index in [9.17, 15) is 0 Å². The summed E-state index contributed by atoms with van der Waals surface area (Å²) in [6.45, 7) is 0. The maximum absolute atomic E-state index is 8.91. The van der Waals surface area contributed by atoms with E-state index in [0.717, 1.165) is 12.8 Å². The van der Waals surface area contributed by atoms with E-state index < -0.39 is 0 Å². The first-order valence-corrected chi connectivity index (χ1v) is 3.46. The molecule has 0 bridgehead atoms. The maximum Gasteiger partial charge on any atom is 0.152 e. The molecule has 0 spiro atoms. The smallest absolute Gasteiger partial charge is 0.152 e. The lowest BCUT2D eigenvalue weighted by Gasteiger charge is -2.14. The summed E-state index contributed by atoms with van der Waals surface area (Å²) >= 11 is 0. The molecule has 1 saturated carbocycles. The topological polar surface area (TPSA) is 69.9 Å². The van der Waals surface area contributed by atoms with Gasteiger partial charge in [0.2, 0.25) is 0 Å². The van der Waals surface area contributed by atoms with Crippen LogP contribution in [0.4, 0.5) is 0 Å². The minimum atomic E-state index is 0.0359. The van der Waals surface area contributed by atoms with Gasteiger partial charge in [0.05, 0.1) is 6.10 Å². The van der Waals surface area contributed by atoms with Crippen LogP contribution in [0.15, 0.2) is 5.34 Å². The Morgan fingerprint density at radius 2 is 1.60 bits per heavy atom. The molecule has 0 heterocycles. The van der Waals surface area contributed by atoms with Crippen molar-refractivity contribution in [2.45, 2.75) is 38.2 Å². The van der Waals surface area contributed by atoms with Crippen molar-refractivity contribution in [1.29, 1.82) is 0 Å². The highest BCUT2D eigenvalue weighted by atomic mass is 16.6. The number of hydrogen-bond acceptors (Lipinski definition) is 3. The van der Waals surface area contributed by atoms with Gasteiger partial charge in [-0.15, -0.1) is 4.91 Å². The molecule has 10 heavy (non-hydrogen) atoms. The molecule has 2 N–H and O–H groups in total. The molecule has 0 aromatic heterocycles. The largest absolute Gasteiger partial charge is 0.393 e. The molecule has 0 radical (unpaired) electrons. The van der Waals surface area contributed by atoms with E-state index >= 15 is 0 Å². The molecule has 4 nitrogen and oxygen atoms in total. The third kappa shape index (κ3) is 5.50. The lowest BCUT2D eigenvalue weighted by atomic mass is 9.98. The van der Waals surface area contributed by atoms with Crippen LogP contribution in [0.3, 0.4) is 0 Å². The molecule has 0 aliphatic heterocycles. The van der Waals surface area contributed by atoms with Gasteiger partial charge in [-0.25, -0.2) is 0 Å². The van der Waals surface area contributed by atoms with Crippen molar-refractivity contribution >= 4 is 0 Å². The van der Waals surface area contributed by atoms with Crippen LogP contribution in [-0.2, 0) is 0 Å². The first-order chi connectivity index (χ1) is 4.81. The molecule has 1 fully saturated rings. The van der Waals surface area contributed by atoms with E-state index in [4.69, 9.17) is 15.2 Å². The second-order valence-electron chi connectivity index (χ2n) is 2.37. The van der Waals surface area contributed by atoms with Crippen LogP contribution in [0.2, 0.25) is 0 Å². The lowest BCUT2D eigenvalue weighted by molar-refractivity contribution is 0.130. The molecular formula is C6H13NO3. The molecule has 0 aromatic carbocycles. The summed E-state index contributed by atoms with van der Waals surface area (Å²) in [5.74, 6) is 0. The third-order valence-electron chi connectivity index (χ3n) is 1.57. The Labute approximate surface area is 59.8 Å². The molecule has 1 aliphatic carbocycles. The SMILES string of the molecule is O=NO.OC1CCCCC1. The highest BCUT2D eigenvalue weighted by Gasteiger charge is 2.07. The second-order valence-corrected chi connectivity index (χ2v) is 2.37. The summed E-state index contributed by atoms with van der Waals surface area (Å²) in [6.07, 6.45) is 5.92. The molecule has 0 unspecified atom stereocenters. The Morgan fingerprint density at radius 1 is 1.20 bits per heavy atom. The van der Waals surface area contributed by atoms with Gasteiger partial charge in [0.1, 0.15) is 0 Å². The van der Waals surface area contributed by atoms with E-state index in [1.54, 1.807) is 0 Å². The fourth-order valence-corrected chi connectivity index (χ4v) is 1.08. The van der Waals surface area contributed by atoms with E-state index in [1.807, 2.05) is 0 Å². The van der Waals surface area contributed by atoms with Gasteiger partial charge < -0.3 is 10.3 Å². The minimum absolute atomic E-state index is 0.0359. The van der Waals surface area contributed by atoms with Gasteiger partial charge in [-0.1, -0.05) is 19.3 Å². The van der Waals surface area contributed by atoms with E-state index in [2.05, 4.69) is 0 Å². The predicted molar refractivity (Wildman–Crippen MR) is 36.7 cm³/mol. The normalized spacial score (nSPS) is 18.9. The molecular weight excluding hydrogens is 134 g/mol. The second kappa shape index (κ2) is 6.48. The zero-order chi connectivity index (χ0) is 7.82. The number of nitrogens with zero attached hydrogens (tertiary/aromatic N) is 1. The molecule has 60 valence electrons. The number of rotatable bonds is 0. The van der Waals surface area contributed by atoms with Gasteiger partial charge in [0.25, 0.3) is 0 Å².